The molecule has 1 saturated carbocycles. The number of carbonyl (C=O) groups is 1. The highest BCUT2D eigenvalue weighted by molar-refractivity contribution is 5.90. The highest BCUT2D eigenvalue weighted by Gasteiger charge is 3.02. The molecule has 2 rings (SSSR count). The van der Waals surface area contributed by atoms with Gasteiger partial charge in [0, 0.05) is 0 Å². The number of hydrogen-bond acceptors (Lipinski definition) is 3. The van der Waals surface area contributed by atoms with E-state index in [4.69, 9.17) is 5.11 Å². The van der Waals surface area contributed by atoms with Crippen LogP contribution in [0, 0.1) is 0 Å². The topological polar surface area (TPSA) is 61.7 Å². The number of benzene rings is 1. The van der Waals surface area contributed by atoms with Crippen molar-refractivity contribution in [3.63, 3.8) is 0 Å². The molecule has 1 aliphatic carbocycles. The number of amides is 1. The van der Waals surface area contributed by atoms with Crippen LogP contribution in [0.5, 0.6) is 5.75 Å². The molecule has 0 spiro atoms. The molecule has 1 amide bonds. The number of nitrogens with zero attached hydrogens (tertiary/aromatic N) is 1. The van der Waals surface area contributed by atoms with E-state index in [1.807, 2.05) is 0 Å². The highest BCUT2D eigenvalue weighted by Crippen LogP contribution is 2.69. The first kappa shape index (κ1) is 22.7. The molecule has 162 valence electrons. The second-order valence-electron chi connectivity index (χ2n) is 5.82. The maximum atomic E-state index is 14.3. The molecule has 15 heteroatoms. The molecule has 1 aliphatic rings. The molecule has 1 aromatic rings. The Balaban J connectivity index is 2.49. The van der Waals surface area contributed by atoms with Crippen LogP contribution in [0.2, 0.25) is 0 Å². The third-order valence-electron chi connectivity index (χ3n) is 4.03. The van der Waals surface area contributed by atoms with Crippen molar-refractivity contribution in [3.05, 3.63) is 29.8 Å². The third-order valence-corrected chi connectivity index (χ3v) is 4.03. The third kappa shape index (κ3) is 2.58. The average Bonchev–Trinajstić information content (AvgIpc) is 2.60. The van der Waals surface area contributed by atoms with Crippen LogP contribution in [0.1, 0.15) is 5.56 Å². The Hall–Kier alpha value is -2.61. The second kappa shape index (κ2) is 6.19. The number of carbonyl (C=O) groups excluding carboxylic acids is 1. The van der Waals surface area contributed by atoms with Gasteiger partial charge in [0.15, 0.2) is 0 Å². The van der Waals surface area contributed by atoms with E-state index in [2.05, 4.69) is 5.10 Å². The molecule has 2 N–H and O–H groups in total. The lowest BCUT2D eigenvalue weighted by atomic mass is 9.72. The molecule has 0 heterocycles. The van der Waals surface area contributed by atoms with E-state index in [1.54, 1.807) is 0 Å². The van der Waals surface area contributed by atoms with E-state index in [9.17, 15) is 53.1 Å². The number of hydrogen-bond donors (Lipinski definition) is 2. The van der Waals surface area contributed by atoms with E-state index >= 15 is 0 Å². The Morgan fingerprint density at radius 2 is 1.14 bits per heavy atom. The Labute approximate surface area is 153 Å². The molecule has 0 radical (unpaired) electrons. The van der Waals surface area contributed by atoms with E-state index in [-0.39, 0.29) is 11.3 Å². The molecule has 1 fully saturated rings. The summed E-state index contributed by atoms with van der Waals surface area (Å²) >= 11 is 0. The van der Waals surface area contributed by atoms with Crippen LogP contribution in [-0.2, 0) is 4.79 Å². The smallest absolute Gasteiger partial charge is 0.384 e. The first-order valence-electron chi connectivity index (χ1n) is 7.10. The van der Waals surface area contributed by atoms with Gasteiger partial charge in [-0.15, -0.1) is 0 Å². The molecular formula is C14H7F11N2O2. The number of aromatic hydroxyl groups is 1. The fourth-order valence-corrected chi connectivity index (χ4v) is 2.31. The van der Waals surface area contributed by atoms with Crippen molar-refractivity contribution in [1.82, 2.24) is 5.43 Å². The molecule has 0 saturated heterocycles. The van der Waals surface area contributed by atoms with Crippen molar-refractivity contribution < 1.29 is 58.2 Å². The molecule has 0 unspecified atom stereocenters. The van der Waals surface area contributed by atoms with Crippen LogP contribution in [0.15, 0.2) is 29.4 Å². The summed E-state index contributed by atoms with van der Waals surface area (Å²) < 4.78 is 148. The zero-order chi connectivity index (χ0) is 22.7. The largest absolute Gasteiger partial charge is 0.508 e. The average molecular weight is 444 g/mol. The Bertz CT molecular complexity index is 806. The van der Waals surface area contributed by atoms with Crippen LogP contribution in [-0.4, -0.2) is 52.5 Å². The molecular weight excluding hydrogens is 437 g/mol. The van der Waals surface area contributed by atoms with Crippen molar-refractivity contribution in [2.45, 2.75) is 35.3 Å². The van der Waals surface area contributed by atoms with Gasteiger partial charge in [0.2, 0.25) is 0 Å². The number of nitrogens with one attached hydrogen (secondary N) is 1. The number of hydrazone groups is 1. The monoisotopic (exact) mass is 444 g/mol. The van der Waals surface area contributed by atoms with Crippen LogP contribution < -0.4 is 5.43 Å². The quantitative estimate of drug-likeness (QED) is 0.424. The van der Waals surface area contributed by atoms with E-state index < -0.39 is 41.2 Å². The van der Waals surface area contributed by atoms with Gasteiger partial charge in [0.1, 0.15) is 5.75 Å². The first-order chi connectivity index (χ1) is 12.9. The zero-order valence-corrected chi connectivity index (χ0v) is 13.3. The SMILES string of the molecule is O=C(NN=Cc1ccc(O)cc1)C1(F)C(F)(F)C(F)(F)C(F)(F)C(F)(F)C1(F)F. The van der Waals surface area contributed by atoms with Gasteiger partial charge in [-0.2, -0.15) is 49.0 Å². The Morgan fingerprint density at radius 1 is 0.759 bits per heavy atom. The summed E-state index contributed by atoms with van der Waals surface area (Å²) in [6, 6.07) is 4.07. The Kier molecular flexibility index (Phi) is 4.84. The fraction of sp³-hybridized carbons (Fsp3) is 0.429. The zero-order valence-electron chi connectivity index (χ0n) is 13.3. The predicted octanol–water partition coefficient (Wildman–Crippen LogP) is 3.74. The molecule has 1 aromatic carbocycles. The molecule has 29 heavy (non-hydrogen) atoms. The summed E-state index contributed by atoms with van der Waals surface area (Å²) in [5.74, 6) is -40.5. The van der Waals surface area contributed by atoms with Gasteiger partial charge in [0.25, 0.3) is 5.91 Å². The van der Waals surface area contributed by atoms with Crippen LogP contribution in [0.3, 0.4) is 0 Å². The summed E-state index contributed by atoms with van der Waals surface area (Å²) in [4.78, 5) is 11.5. The number of alkyl halides is 11. The molecule has 4 nitrogen and oxygen atoms in total. The van der Waals surface area contributed by atoms with E-state index in [0.717, 1.165) is 24.3 Å². The first-order valence-corrected chi connectivity index (χ1v) is 7.10. The highest BCUT2D eigenvalue weighted by atomic mass is 19.4. The molecule has 0 bridgehead atoms. The van der Waals surface area contributed by atoms with Crippen LogP contribution in [0.4, 0.5) is 48.3 Å². The van der Waals surface area contributed by atoms with Crippen molar-refractivity contribution in [2.24, 2.45) is 5.10 Å². The summed E-state index contributed by atoms with van der Waals surface area (Å²) in [6.07, 6.45) is 0.435. The standard InChI is InChI=1S/C14H7F11N2O2/c15-9(8(29)27-26-5-6-1-3-7(28)4-2-6)10(16,17)12(20,21)14(24,25)13(22,23)11(9,18)19/h1-5,28H,(H,27,29). The second-order valence-corrected chi connectivity index (χ2v) is 5.82. The lowest BCUT2D eigenvalue weighted by Gasteiger charge is -2.51. The van der Waals surface area contributed by atoms with Gasteiger partial charge in [-0.05, 0) is 29.8 Å². The number of phenolic OH excluding ortho intramolecular Hbond substituents is 1. The van der Waals surface area contributed by atoms with E-state index in [1.165, 1.54) is 0 Å². The van der Waals surface area contributed by atoms with E-state index in [0.29, 0.717) is 11.6 Å². The maximum Gasteiger partial charge on any atom is 0.384 e. The van der Waals surface area contributed by atoms with Gasteiger partial charge in [0.05, 0.1) is 6.21 Å². The number of halogens is 11. The van der Waals surface area contributed by atoms with Crippen molar-refractivity contribution >= 4 is 12.1 Å². The minimum atomic E-state index is -7.40. The normalized spacial score (nSPS) is 25.5. The minimum absolute atomic E-state index is 0.0969. The predicted molar refractivity (Wildman–Crippen MR) is 72.4 cm³/mol. The van der Waals surface area contributed by atoms with Crippen LogP contribution in [0.25, 0.3) is 0 Å². The minimum Gasteiger partial charge on any atom is -0.508 e. The molecule has 0 atom stereocenters. The van der Waals surface area contributed by atoms with Gasteiger partial charge in [-0.25, -0.2) is 9.82 Å². The van der Waals surface area contributed by atoms with Crippen molar-refractivity contribution in [2.75, 3.05) is 0 Å². The van der Waals surface area contributed by atoms with Crippen molar-refractivity contribution in [1.29, 1.82) is 0 Å². The maximum absolute atomic E-state index is 14.3. The van der Waals surface area contributed by atoms with Gasteiger partial charge in [-0.1, -0.05) is 0 Å². The fourth-order valence-electron chi connectivity index (χ4n) is 2.31. The lowest BCUT2D eigenvalue weighted by molar-refractivity contribution is -0.476. The number of phenols is 1. The lowest BCUT2D eigenvalue weighted by Crippen LogP contribution is -2.86. The Morgan fingerprint density at radius 3 is 1.55 bits per heavy atom. The number of rotatable bonds is 3. The van der Waals surface area contributed by atoms with Gasteiger partial charge < -0.3 is 5.11 Å². The summed E-state index contributed by atoms with van der Waals surface area (Å²) in [5.41, 5.74) is -6.31. The van der Waals surface area contributed by atoms with Gasteiger partial charge in [-0.3, -0.25) is 4.79 Å². The van der Waals surface area contributed by atoms with Crippen LogP contribution >= 0.6 is 0 Å². The summed E-state index contributed by atoms with van der Waals surface area (Å²) in [7, 11) is 0. The van der Waals surface area contributed by atoms with Crippen molar-refractivity contribution in [3.8, 4) is 5.75 Å². The summed E-state index contributed by atoms with van der Waals surface area (Å²) in [6.45, 7) is 0. The summed E-state index contributed by atoms with van der Waals surface area (Å²) in [5, 5.41) is 11.7. The van der Waals surface area contributed by atoms with Gasteiger partial charge >= 0.3 is 35.3 Å². The molecule has 0 aromatic heterocycles. The molecule has 0 aliphatic heterocycles.